The summed E-state index contributed by atoms with van der Waals surface area (Å²) in [6.07, 6.45) is -1.27. The summed E-state index contributed by atoms with van der Waals surface area (Å²) in [5.74, 6) is 0. The van der Waals surface area contributed by atoms with Gasteiger partial charge in [0.05, 0.1) is 31.0 Å². The molecule has 138 valence electrons. The lowest BCUT2D eigenvalue weighted by Crippen LogP contribution is -2.31. The fourth-order valence-corrected chi connectivity index (χ4v) is 3.03. The van der Waals surface area contributed by atoms with Crippen LogP contribution in [-0.2, 0) is 20.8 Å². The van der Waals surface area contributed by atoms with Gasteiger partial charge in [-0.25, -0.2) is 14.6 Å². The molecule has 3 rings (SSSR count). The number of ether oxygens (including phenoxy) is 3. The first-order chi connectivity index (χ1) is 12.6. The smallest absolute Gasteiger partial charge is 0.450 e. The molecular weight excluding hydrogens is 336 g/mol. The molecular formula is C19H22N2O5. The van der Waals surface area contributed by atoms with Crippen molar-refractivity contribution in [3.8, 4) is 0 Å². The molecule has 2 heterocycles. The Morgan fingerprint density at radius 3 is 2.73 bits per heavy atom. The third-order valence-corrected chi connectivity index (χ3v) is 4.19. The van der Waals surface area contributed by atoms with E-state index in [0.717, 1.165) is 16.5 Å². The van der Waals surface area contributed by atoms with Gasteiger partial charge in [-0.05, 0) is 31.5 Å². The highest BCUT2D eigenvalue weighted by Crippen LogP contribution is 2.31. The van der Waals surface area contributed by atoms with Gasteiger partial charge in [-0.1, -0.05) is 18.2 Å². The average Bonchev–Trinajstić information content (AvgIpc) is 2.80. The van der Waals surface area contributed by atoms with E-state index in [2.05, 4.69) is 0 Å². The molecule has 1 atom stereocenters. The Morgan fingerprint density at radius 1 is 1.19 bits per heavy atom. The zero-order valence-corrected chi connectivity index (χ0v) is 14.9. The highest BCUT2D eigenvalue weighted by atomic mass is 16.7. The third-order valence-electron chi connectivity index (χ3n) is 4.19. The van der Waals surface area contributed by atoms with Crippen LogP contribution >= 0.6 is 0 Å². The van der Waals surface area contributed by atoms with Crippen molar-refractivity contribution in [3.63, 3.8) is 0 Å². The molecule has 1 unspecified atom stereocenters. The molecule has 0 aliphatic carbocycles. The molecule has 1 aromatic carbocycles. The summed E-state index contributed by atoms with van der Waals surface area (Å²) >= 11 is 0. The predicted molar refractivity (Wildman–Crippen MR) is 94.6 cm³/mol. The average molecular weight is 358 g/mol. The summed E-state index contributed by atoms with van der Waals surface area (Å²) in [7, 11) is 0. The number of nitrogens with zero attached hydrogens (tertiary/aromatic N) is 2. The van der Waals surface area contributed by atoms with Gasteiger partial charge in [-0.3, -0.25) is 0 Å². The lowest BCUT2D eigenvalue weighted by molar-refractivity contribution is 0.0198. The van der Waals surface area contributed by atoms with Crippen LogP contribution in [0, 0.1) is 0 Å². The first-order valence-electron chi connectivity index (χ1n) is 8.76. The van der Waals surface area contributed by atoms with Gasteiger partial charge in [-0.15, -0.1) is 0 Å². The van der Waals surface area contributed by atoms with Gasteiger partial charge >= 0.3 is 12.2 Å². The van der Waals surface area contributed by atoms with E-state index in [9.17, 15) is 9.59 Å². The monoisotopic (exact) mass is 358 g/mol. The minimum atomic E-state index is -0.733. The Morgan fingerprint density at radius 2 is 1.96 bits per heavy atom. The van der Waals surface area contributed by atoms with Gasteiger partial charge in [-0.2, -0.15) is 0 Å². The number of aromatic nitrogens is 1. The van der Waals surface area contributed by atoms with Gasteiger partial charge < -0.3 is 19.1 Å². The van der Waals surface area contributed by atoms with Crippen molar-refractivity contribution >= 4 is 23.2 Å². The predicted octanol–water partition coefficient (Wildman–Crippen LogP) is 3.81. The Balaban J connectivity index is 1.98. The van der Waals surface area contributed by atoms with Gasteiger partial charge in [0.2, 0.25) is 0 Å². The lowest BCUT2D eigenvalue weighted by Gasteiger charge is -2.19. The topological polar surface area (TPSA) is 78.0 Å². The van der Waals surface area contributed by atoms with Crippen LogP contribution in [0.15, 0.2) is 30.3 Å². The second kappa shape index (κ2) is 8.03. The normalized spacial score (nSPS) is 16.5. The molecule has 7 heteroatoms. The maximum atomic E-state index is 12.2. The summed E-state index contributed by atoms with van der Waals surface area (Å²) in [5, 5.41) is 0.965. The molecule has 1 amide bonds. The van der Waals surface area contributed by atoms with Crippen molar-refractivity contribution in [1.82, 2.24) is 9.88 Å². The van der Waals surface area contributed by atoms with Gasteiger partial charge in [0.15, 0.2) is 0 Å². The van der Waals surface area contributed by atoms with Crippen LogP contribution in [0.4, 0.5) is 9.59 Å². The molecule has 2 aromatic rings. The number of hydrogen-bond donors (Lipinski definition) is 0. The Hall–Kier alpha value is -2.83. The maximum Gasteiger partial charge on any atom is 0.508 e. The lowest BCUT2D eigenvalue weighted by atomic mass is 10.1. The van der Waals surface area contributed by atoms with Crippen LogP contribution in [0.25, 0.3) is 10.9 Å². The minimum Gasteiger partial charge on any atom is -0.450 e. The number of benzene rings is 1. The van der Waals surface area contributed by atoms with E-state index in [1.54, 1.807) is 18.7 Å². The molecule has 1 aliphatic heterocycles. The number of fused-ring (bicyclic) bond motifs is 2. The van der Waals surface area contributed by atoms with Gasteiger partial charge in [0, 0.05) is 18.4 Å². The zero-order valence-electron chi connectivity index (χ0n) is 14.9. The number of pyridine rings is 1. The molecule has 26 heavy (non-hydrogen) atoms. The fraction of sp³-hybridized carbons (Fsp3) is 0.421. The van der Waals surface area contributed by atoms with Gasteiger partial charge in [0.1, 0.15) is 6.10 Å². The van der Waals surface area contributed by atoms with E-state index in [-0.39, 0.29) is 12.7 Å². The second-order valence-corrected chi connectivity index (χ2v) is 5.92. The van der Waals surface area contributed by atoms with E-state index in [1.165, 1.54) is 0 Å². The third kappa shape index (κ3) is 3.87. The standard InChI is InChI=1S/C19H22N2O5/c1-3-24-18(22)21-10-9-16(26-19(23)25-4-2)17-14(12-21)11-13-7-5-6-8-15(13)20-17/h5-8,11,16H,3-4,9-10,12H2,1-2H3. The van der Waals surface area contributed by atoms with E-state index < -0.39 is 12.3 Å². The maximum absolute atomic E-state index is 12.2. The molecule has 1 aromatic heterocycles. The van der Waals surface area contributed by atoms with Gasteiger partial charge in [0.25, 0.3) is 0 Å². The highest BCUT2D eigenvalue weighted by molar-refractivity contribution is 5.80. The molecule has 0 saturated carbocycles. The molecule has 1 aliphatic rings. The number of rotatable bonds is 3. The summed E-state index contributed by atoms with van der Waals surface area (Å²) in [6.45, 7) is 4.78. The van der Waals surface area contributed by atoms with Crippen LogP contribution in [0.1, 0.15) is 37.6 Å². The van der Waals surface area contributed by atoms with E-state index in [0.29, 0.717) is 31.8 Å². The Kier molecular flexibility index (Phi) is 5.55. The fourth-order valence-electron chi connectivity index (χ4n) is 3.03. The van der Waals surface area contributed by atoms with Crippen LogP contribution < -0.4 is 0 Å². The first kappa shape index (κ1) is 18.0. The molecule has 0 radical (unpaired) electrons. The molecule has 0 bridgehead atoms. The number of carbonyl (C=O) groups excluding carboxylic acids is 2. The quantitative estimate of drug-likeness (QED) is 0.777. The van der Waals surface area contributed by atoms with Crippen LogP contribution in [-0.4, -0.2) is 41.9 Å². The largest absolute Gasteiger partial charge is 0.508 e. The van der Waals surface area contributed by atoms with Crippen LogP contribution in [0.2, 0.25) is 0 Å². The summed E-state index contributed by atoms with van der Waals surface area (Å²) in [6, 6.07) is 9.69. The molecule has 0 fully saturated rings. The Labute approximate surface area is 151 Å². The molecule has 0 saturated heterocycles. The summed E-state index contributed by atoms with van der Waals surface area (Å²) < 4.78 is 15.5. The first-order valence-corrected chi connectivity index (χ1v) is 8.76. The molecule has 0 spiro atoms. The van der Waals surface area contributed by atoms with Crippen molar-refractivity contribution < 1.29 is 23.8 Å². The van der Waals surface area contributed by atoms with Crippen molar-refractivity contribution in [3.05, 3.63) is 41.6 Å². The van der Waals surface area contributed by atoms with Crippen molar-refractivity contribution in [1.29, 1.82) is 0 Å². The zero-order chi connectivity index (χ0) is 18.5. The highest BCUT2D eigenvalue weighted by Gasteiger charge is 2.30. The van der Waals surface area contributed by atoms with Crippen molar-refractivity contribution in [2.24, 2.45) is 0 Å². The number of hydrogen-bond acceptors (Lipinski definition) is 6. The van der Waals surface area contributed by atoms with E-state index in [4.69, 9.17) is 19.2 Å². The van der Waals surface area contributed by atoms with Crippen molar-refractivity contribution in [2.75, 3.05) is 19.8 Å². The van der Waals surface area contributed by atoms with Crippen molar-refractivity contribution in [2.45, 2.75) is 32.9 Å². The minimum absolute atomic E-state index is 0.235. The van der Waals surface area contributed by atoms with E-state index >= 15 is 0 Å². The molecule has 7 nitrogen and oxygen atoms in total. The molecule has 0 N–H and O–H groups in total. The van der Waals surface area contributed by atoms with Crippen LogP contribution in [0.5, 0.6) is 0 Å². The van der Waals surface area contributed by atoms with Crippen LogP contribution in [0.3, 0.4) is 0 Å². The summed E-state index contributed by atoms with van der Waals surface area (Å²) in [4.78, 5) is 30.3. The number of carbonyl (C=O) groups is 2. The number of para-hydroxylation sites is 1. The second-order valence-electron chi connectivity index (χ2n) is 5.92. The summed E-state index contributed by atoms with van der Waals surface area (Å²) in [5.41, 5.74) is 2.31. The van der Waals surface area contributed by atoms with E-state index in [1.807, 2.05) is 30.3 Å². The Bertz CT molecular complexity index is 808. The number of amides is 1. The SMILES string of the molecule is CCOC(=O)OC1CCN(C(=O)OCC)Cc2cc3ccccc3nc21.